The molecule has 0 amide bonds. The van der Waals surface area contributed by atoms with E-state index in [-0.39, 0.29) is 23.0 Å². The lowest BCUT2D eigenvalue weighted by Gasteiger charge is -2.46. The number of hydrogen-bond donors (Lipinski definition) is 0. The van der Waals surface area contributed by atoms with E-state index in [2.05, 4.69) is 379 Å². The van der Waals surface area contributed by atoms with Crippen molar-refractivity contribution in [2.45, 2.75) is 112 Å². The van der Waals surface area contributed by atoms with Crippen molar-refractivity contribution in [3.8, 4) is 55.9 Å². The predicted octanol–water partition coefficient (Wildman–Crippen LogP) is 25.0. The number of fused-ring (bicyclic) bond motifs is 10. The molecular formula is C97H89BN4. The van der Waals surface area contributed by atoms with Gasteiger partial charge in [-0.2, -0.15) is 0 Å². The lowest BCUT2D eigenvalue weighted by atomic mass is 9.33. The van der Waals surface area contributed by atoms with Crippen molar-refractivity contribution in [3.05, 3.63) is 308 Å². The van der Waals surface area contributed by atoms with Gasteiger partial charge in [-0.05, 0) is 182 Å². The van der Waals surface area contributed by atoms with E-state index < -0.39 is 0 Å². The summed E-state index contributed by atoms with van der Waals surface area (Å²) in [6.45, 7) is 23.7. The van der Waals surface area contributed by atoms with Crippen molar-refractivity contribution in [1.29, 1.82) is 0 Å². The van der Waals surface area contributed by atoms with Crippen molar-refractivity contribution in [3.63, 3.8) is 0 Å². The van der Waals surface area contributed by atoms with E-state index in [4.69, 9.17) is 0 Å². The number of benzene rings is 13. The molecule has 2 aromatic heterocycles. The Morgan fingerprint density at radius 2 is 0.657 bits per heavy atom. The molecule has 0 spiro atoms. The summed E-state index contributed by atoms with van der Waals surface area (Å²) in [6, 6.07) is 111. The monoisotopic (exact) mass is 1320 g/mol. The van der Waals surface area contributed by atoms with Crippen molar-refractivity contribution >= 4 is 101 Å². The zero-order chi connectivity index (χ0) is 69.8. The molecule has 0 N–H and O–H groups in total. The van der Waals surface area contributed by atoms with Crippen LogP contribution in [0.25, 0.3) is 99.5 Å². The minimum atomic E-state index is -0.207. The Morgan fingerprint density at radius 1 is 0.333 bits per heavy atom. The average molecular weight is 1320 g/mol. The average Bonchev–Trinajstić information content (AvgIpc) is 0.744. The number of anilines is 6. The molecule has 0 fully saturated rings. The van der Waals surface area contributed by atoms with Crippen molar-refractivity contribution in [2.24, 2.45) is 11.3 Å². The highest BCUT2D eigenvalue weighted by atomic mass is 15.2. The third-order valence-corrected chi connectivity index (χ3v) is 22.5. The molecule has 1 atom stereocenters. The van der Waals surface area contributed by atoms with Crippen LogP contribution in [0.2, 0.25) is 0 Å². The maximum absolute atomic E-state index is 2.77. The van der Waals surface area contributed by atoms with Gasteiger partial charge in [0.1, 0.15) is 0 Å². The van der Waals surface area contributed by atoms with Gasteiger partial charge in [-0.15, -0.1) is 0 Å². The molecule has 0 saturated heterocycles. The first-order chi connectivity index (χ1) is 49.5. The van der Waals surface area contributed by atoms with Crippen LogP contribution in [0.4, 0.5) is 34.1 Å². The maximum atomic E-state index is 2.77. The second-order valence-electron chi connectivity index (χ2n) is 31.9. The first kappa shape index (κ1) is 64.5. The fraction of sp³-hybridized carbons (Fsp3) is 0.196. The van der Waals surface area contributed by atoms with E-state index in [9.17, 15) is 0 Å². The van der Waals surface area contributed by atoms with Crippen molar-refractivity contribution in [2.75, 3.05) is 9.80 Å². The summed E-state index contributed by atoms with van der Waals surface area (Å²) in [4.78, 5) is 5.54. The summed E-state index contributed by atoms with van der Waals surface area (Å²) in [5.74, 6) is 0.627. The van der Waals surface area contributed by atoms with Crippen LogP contribution >= 0.6 is 0 Å². The number of para-hydroxylation sites is 4. The number of nitrogens with zero attached hydrogens (tertiary/aromatic N) is 4. The van der Waals surface area contributed by atoms with Crippen LogP contribution < -0.4 is 26.2 Å². The Balaban J connectivity index is 1.05. The Kier molecular flexibility index (Phi) is 16.0. The Morgan fingerprint density at radius 3 is 0.971 bits per heavy atom. The largest absolute Gasteiger partial charge is 0.310 e. The van der Waals surface area contributed by atoms with Crippen molar-refractivity contribution in [1.82, 2.24) is 9.13 Å². The summed E-state index contributed by atoms with van der Waals surface area (Å²) in [7, 11) is 0. The summed E-state index contributed by atoms with van der Waals surface area (Å²) in [5.41, 5.74) is 31.1. The third-order valence-electron chi connectivity index (χ3n) is 22.5. The van der Waals surface area contributed by atoms with Crippen molar-refractivity contribution < 1.29 is 0 Å². The SMILES string of the molecule is CCC(CCCCc1cc2c3c(c1)N(c1c(-c4ccccc4)cc(C(C)(C)C)cc1-c1ccccc1)c1cc(-n4c5ccccc5c5ccccc54)ccc1B3c1ccc(-n3c4ccccc4c4ccccc43)cc1N2c1c(-c2ccccc2)cc(C(C)(C)C)cc1-c1ccccc1)C(C)(C)C. The van der Waals surface area contributed by atoms with Gasteiger partial charge in [0.05, 0.1) is 33.4 Å². The van der Waals surface area contributed by atoms with Gasteiger partial charge in [-0.3, -0.25) is 0 Å². The van der Waals surface area contributed by atoms with Crippen LogP contribution in [0, 0.1) is 11.3 Å². The Hall–Kier alpha value is -10.9. The Bertz CT molecular complexity index is 5140. The number of aromatic nitrogens is 2. The van der Waals surface area contributed by atoms with Gasteiger partial charge in [-0.25, -0.2) is 0 Å². The summed E-state index contributed by atoms with van der Waals surface area (Å²) >= 11 is 0. The highest BCUT2D eigenvalue weighted by molar-refractivity contribution is 7.00. The van der Waals surface area contributed by atoms with Gasteiger partial charge in [-0.1, -0.05) is 288 Å². The molecule has 17 rings (SSSR count). The minimum Gasteiger partial charge on any atom is -0.310 e. The molecule has 0 bridgehead atoms. The molecule has 500 valence electrons. The van der Waals surface area contributed by atoms with Gasteiger partial charge in [0.2, 0.25) is 0 Å². The van der Waals surface area contributed by atoms with Gasteiger partial charge >= 0.3 is 0 Å². The van der Waals surface area contributed by atoms with Crippen LogP contribution in [0.15, 0.2) is 291 Å². The van der Waals surface area contributed by atoms with E-state index in [1.54, 1.807) is 0 Å². The maximum Gasteiger partial charge on any atom is 0.252 e. The first-order valence-electron chi connectivity index (χ1n) is 37.1. The standard InChI is InChI=1S/C97H89BN4/c1-11-69(95(2,3)4)43-25-24-34-64-56-90-92-91(57-64)102(94-80(67-39-20-14-21-40-67)60-71(97(8,9)10)61-81(94)68-41-22-15-23-42-68)89-63-73(100-86-50-32-28-46-76(86)77-47-29-33-51-87(77)100)53-55-83(89)98(92)82-54-52-72(99-84-48-30-26-44-74(84)75-45-27-31-49-85(75)99)62-88(82)101(90)93-78(65-35-16-12-17-36-65)58-70(96(5,6)7)59-79(93)66-37-18-13-19-38-66/h12-23,26-33,35-42,44-63,69H,11,24-25,34,43H2,1-10H3. The van der Waals surface area contributed by atoms with E-state index >= 15 is 0 Å². The van der Waals surface area contributed by atoms with Gasteiger partial charge in [0, 0.05) is 77.9 Å². The second-order valence-corrected chi connectivity index (χ2v) is 31.9. The highest BCUT2D eigenvalue weighted by Gasteiger charge is 2.46. The second kappa shape index (κ2) is 25.3. The smallest absolute Gasteiger partial charge is 0.252 e. The van der Waals surface area contributed by atoms with E-state index in [0.717, 1.165) is 30.6 Å². The van der Waals surface area contributed by atoms with Crippen LogP contribution in [-0.2, 0) is 17.3 Å². The van der Waals surface area contributed by atoms with Gasteiger partial charge in [0.25, 0.3) is 6.71 Å². The summed E-state index contributed by atoms with van der Waals surface area (Å²) in [6.07, 6.45) is 5.48. The van der Waals surface area contributed by atoms with Crippen LogP contribution in [0.5, 0.6) is 0 Å². The summed E-state index contributed by atoms with van der Waals surface area (Å²) < 4.78 is 5.04. The molecule has 4 heterocycles. The molecule has 5 heteroatoms. The fourth-order valence-electron chi connectivity index (χ4n) is 17.3. The predicted molar refractivity (Wildman–Crippen MR) is 439 cm³/mol. The van der Waals surface area contributed by atoms with Gasteiger partial charge in [0.15, 0.2) is 0 Å². The fourth-order valence-corrected chi connectivity index (χ4v) is 17.3. The van der Waals surface area contributed by atoms with E-state index in [0.29, 0.717) is 5.92 Å². The molecule has 0 aliphatic carbocycles. The number of unbranched alkanes of at least 4 members (excludes halogenated alkanes) is 1. The molecule has 0 radical (unpaired) electrons. The first-order valence-corrected chi connectivity index (χ1v) is 37.1. The molecule has 4 nitrogen and oxygen atoms in total. The van der Waals surface area contributed by atoms with Crippen LogP contribution in [-0.4, -0.2) is 15.8 Å². The summed E-state index contributed by atoms with van der Waals surface area (Å²) in [5, 5.41) is 4.97. The number of rotatable bonds is 14. The molecule has 15 aromatic rings. The minimum absolute atomic E-state index is 0.180. The Labute approximate surface area is 603 Å². The molecule has 102 heavy (non-hydrogen) atoms. The van der Waals surface area contributed by atoms with Crippen LogP contribution in [0.1, 0.15) is 112 Å². The number of aryl methyl sites for hydroxylation is 1. The molecule has 0 saturated carbocycles. The molecule has 1 unspecified atom stereocenters. The topological polar surface area (TPSA) is 16.3 Å². The normalized spacial score (nSPS) is 13.3. The lowest BCUT2D eigenvalue weighted by molar-refractivity contribution is 0.214. The zero-order valence-electron chi connectivity index (χ0n) is 60.7. The lowest BCUT2D eigenvalue weighted by Crippen LogP contribution is -2.61. The zero-order valence-corrected chi connectivity index (χ0v) is 60.7. The third kappa shape index (κ3) is 11.1. The highest BCUT2D eigenvalue weighted by Crippen LogP contribution is 2.55. The molecular weight excluding hydrogens is 1230 g/mol. The van der Waals surface area contributed by atoms with Gasteiger partial charge < -0.3 is 18.9 Å². The number of hydrogen-bond acceptors (Lipinski definition) is 2. The van der Waals surface area contributed by atoms with E-state index in [1.807, 2.05) is 0 Å². The van der Waals surface area contributed by atoms with Crippen LogP contribution in [0.3, 0.4) is 0 Å². The molecule has 13 aromatic carbocycles. The molecule has 2 aliphatic rings. The van der Waals surface area contributed by atoms with E-state index in [1.165, 1.54) is 168 Å². The quantitative estimate of drug-likeness (QED) is 0.0797. The molecule has 2 aliphatic heterocycles.